The van der Waals surface area contributed by atoms with Crippen molar-refractivity contribution in [2.75, 3.05) is 39.4 Å². The lowest BCUT2D eigenvalue weighted by Gasteiger charge is -2.26. The second-order valence-electron chi connectivity index (χ2n) is 6.80. The number of rotatable bonds is 16. The highest BCUT2D eigenvalue weighted by Gasteiger charge is 2.12. The van der Waals surface area contributed by atoms with Crippen LogP contribution in [0.2, 0.25) is 0 Å². The molecule has 29 heavy (non-hydrogen) atoms. The molecule has 0 saturated carbocycles. The highest BCUT2D eigenvalue weighted by molar-refractivity contribution is 6.29. The van der Waals surface area contributed by atoms with E-state index in [9.17, 15) is 0 Å². The van der Waals surface area contributed by atoms with Crippen molar-refractivity contribution < 1.29 is 4.74 Å². The van der Waals surface area contributed by atoms with E-state index >= 15 is 0 Å². The molecule has 0 aromatic heterocycles. The first-order valence-electron chi connectivity index (χ1n) is 11.0. The van der Waals surface area contributed by atoms with Crippen LogP contribution in [0.5, 0.6) is 0 Å². The van der Waals surface area contributed by atoms with E-state index in [4.69, 9.17) is 21.3 Å². The van der Waals surface area contributed by atoms with Crippen LogP contribution in [0.1, 0.15) is 53.9 Å². The number of hydrogen-bond donors (Lipinski definition) is 1. The summed E-state index contributed by atoms with van der Waals surface area (Å²) in [5.74, 6) is 1.04. The van der Waals surface area contributed by atoms with E-state index in [2.05, 4.69) is 68.8 Å². The largest absolute Gasteiger partial charge is 0.380 e. The Balaban J connectivity index is 5.48. The molecule has 166 valence electrons. The SMILES string of the molecule is C=CC(CC)N=C(CNCC)N(C/C=C/C(/C=C\CC)=C(/C)Cl)CCOCCC. The van der Waals surface area contributed by atoms with Crippen molar-refractivity contribution in [1.82, 2.24) is 10.2 Å². The molecule has 0 aliphatic carbocycles. The van der Waals surface area contributed by atoms with Gasteiger partial charge in [-0.25, -0.2) is 0 Å². The molecule has 0 aliphatic heterocycles. The predicted molar refractivity (Wildman–Crippen MR) is 130 cm³/mol. The van der Waals surface area contributed by atoms with Crippen LogP contribution in [0.3, 0.4) is 0 Å². The summed E-state index contributed by atoms with van der Waals surface area (Å²) in [7, 11) is 0. The molecular formula is C24H42ClN3O. The Labute approximate surface area is 184 Å². The van der Waals surface area contributed by atoms with E-state index in [0.29, 0.717) is 6.61 Å². The Hall–Kier alpha value is -1.36. The predicted octanol–water partition coefficient (Wildman–Crippen LogP) is 5.72. The molecule has 1 atom stereocenters. The maximum atomic E-state index is 6.25. The summed E-state index contributed by atoms with van der Waals surface area (Å²) in [6.45, 7) is 19.0. The van der Waals surface area contributed by atoms with Gasteiger partial charge in [-0.05, 0) is 38.3 Å². The fraction of sp³-hybridized carbons (Fsp3) is 0.625. The quantitative estimate of drug-likeness (QED) is 0.113. The van der Waals surface area contributed by atoms with Gasteiger partial charge in [0.15, 0.2) is 0 Å². The maximum absolute atomic E-state index is 6.25. The summed E-state index contributed by atoms with van der Waals surface area (Å²) in [5.41, 5.74) is 1.04. The minimum absolute atomic E-state index is 0.125. The van der Waals surface area contributed by atoms with Crippen molar-refractivity contribution in [2.24, 2.45) is 4.99 Å². The third-order valence-corrected chi connectivity index (χ3v) is 4.53. The average molecular weight is 424 g/mol. The van der Waals surface area contributed by atoms with E-state index in [0.717, 1.165) is 68.5 Å². The third-order valence-electron chi connectivity index (χ3n) is 4.31. The lowest BCUT2D eigenvalue weighted by Crippen LogP contribution is -2.41. The summed E-state index contributed by atoms with van der Waals surface area (Å²) in [6, 6.07) is 0.125. The van der Waals surface area contributed by atoms with Gasteiger partial charge < -0.3 is 15.0 Å². The molecule has 0 rings (SSSR count). The monoisotopic (exact) mass is 423 g/mol. The molecule has 0 bridgehead atoms. The topological polar surface area (TPSA) is 36.9 Å². The van der Waals surface area contributed by atoms with Crippen molar-refractivity contribution in [3.05, 3.63) is 47.6 Å². The highest BCUT2D eigenvalue weighted by Crippen LogP contribution is 2.12. The second kappa shape index (κ2) is 18.7. The first kappa shape index (κ1) is 27.6. The Morgan fingerprint density at radius 3 is 2.45 bits per heavy atom. The normalized spacial score (nSPS) is 14.5. The standard InChI is InChI=1S/C24H42ClN3O/c1-7-12-14-22(21(6)25)15-13-16-28(17-19-29-18-8-2)24(20-26-11-5)27-23(9-3)10-4/h9,12-15,23,26H,3,7-8,10-11,16-20H2,1-2,4-6H3/b14-12-,15-13+,22-21-,27-24?. The lowest BCUT2D eigenvalue weighted by molar-refractivity contribution is 0.122. The van der Waals surface area contributed by atoms with E-state index in [-0.39, 0.29) is 6.04 Å². The van der Waals surface area contributed by atoms with Crippen molar-refractivity contribution in [3.63, 3.8) is 0 Å². The first-order valence-corrected chi connectivity index (χ1v) is 11.3. The average Bonchev–Trinajstić information content (AvgIpc) is 2.72. The van der Waals surface area contributed by atoms with Gasteiger partial charge in [0.25, 0.3) is 0 Å². The molecular weight excluding hydrogens is 382 g/mol. The van der Waals surface area contributed by atoms with E-state index in [1.54, 1.807) is 0 Å². The van der Waals surface area contributed by atoms with Gasteiger partial charge in [-0.2, -0.15) is 0 Å². The van der Waals surface area contributed by atoms with Crippen molar-refractivity contribution in [2.45, 2.75) is 59.9 Å². The van der Waals surface area contributed by atoms with Gasteiger partial charge in [-0.15, -0.1) is 6.58 Å². The highest BCUT2D eigenvalue weighted by atomic mass is 35.5. The van der Waals surface area contributed by atoms with E-state index < -0.39 is 0 Å². The number of aliphatic imine (C=N–C) groups is 1. The molecule has 0 spiro atoms. The molecule has 0 aromatic rings. The van der Waals surface area contributed by atoms with Gasteiger partial charge in [0.05, 0.1) is 19.2 Å². The lowest BCUT2D eigenvalue weighted by atomic mass is 10.2. The molecule has 4 nitrogen and oxygen atoms in total. The summed E-state index contributed by atoms with van der Waals surface area (Å²) >= 11 is 6.25. The maximum Gasteiger partial charge on any atom is 0.114 e. The number of nitrogens with zero attached hydrogens (tertiary/aromatic N) is 2. The number of halogens is 1. The summed E-state index contributed by atoms with van der Waals surface area (Å²) in [6.07, 6.45) is 13.3. The summed E-state index contributed by atoms with van der Waals surface area (Å²) < 4.78 is 5.74. The molecule has 1 unspecified atom stereocenters. The molecule has 1 N–H and O–H groups in total. The van der Waals surface area contributed by atoms with Gasteiger partial charge in [0.2, 0.25) is 0 Å². The molecule has 0 aliphatic rings. The molecule has 0 amide bonds. The zero-order valence-corrected chi connectivity index (χ0v) is 20.0. The number of nitrogens with one attached hydrogen (secondary N) is 1. The van der Waals surface area contributed by atoms with Crippen molar-refractivity contribution >= 4 is 17.4 Å². The van der Waals surface area contributed by atoms with Crippen LogP contribution in [0.15, 0.2) is 52.6 Å². The Morgan fingerprint density at radius 1 is 1.17 bits per heavy atom. The first-order chi connectivity index (χ1) is 14.0. The van der Waals surface area contributed by atoms with Gasteiger partial charge >= 0.3 is 0 Å². The smallest absolute Gasteiger partial charge is 0.114 e. The molecule has 0 fully saturated rings. The Bertz CT molecular complexity index is 548. The molecule has 0 aromatic carbocycles. The van der Waals surface area contributed by atoms with Crippen LogP contribution in [-0.2, 0) is 4.74 Å². The summed E-state index contributed by atoms with van der Waals surface area (Å²) in [5, 5.41) is 4.21. The fourth-order valence-electron chi connectivity index (χ4n) is 2.56. The van der Waals surface area contributed by atoms with Crippen LogP contribution in [0, 0.1) is 0 Å². The van der Waals surface area contributed by atoms with Crippen LogP contribution >= 0.6 is 11.6 Å². The van der Waals surface area contributed by atoms with E-state index in [1.165, 1.54) is 0 Å². The summed E-state index contributed by atoms with van der Waals surface area (Å²) in [4.78, 5) is 7.24. The van der Waals surface area contributed by atoms with Crippen LogP contribution in [0.25, 0.3) is 0 Å². The van der Waals surface area contributed by atoms with Gasteiger partial charge in [0, 0.05) is 24.7 Å². The molecule has 0 heterocycles. The third kappa shape index (κ3) is 13.5. The van der Waals surface area contributed by atoms with Gasteiger partial charge in [-0.1, -0.05) is 69.7 Å². The number of hydrogen-bond acceptors (Lipinski definition) is 3. The van der Waals surface area contributed by atoms with E-state index in [1.807, 2.05) is 13.0 Å². The van der Waals surface area contributed by atoms with Crippen LogP contribution in [-0.4, -0.2) is 56.2 Å². The number of amidine groups is 1. The zero-order valence-electron chi connectivity index (χ0n) is 19.2. The Morgan fingerprint density at radius 2 is 1.90 bits per heavy atom. The van der Waals surface area contributed by atoms with Crippen LogP contribution in [0.4, 0.5) is 0 Å². The zero-order chi connectivity index (χ0) is 21.9. The molecule has 0 radical (unpaired) electrons. The molecule has 5 heteroatoms. The Kier molecular flexibility index (Phi) is 17.8. The van der Waals surface area contributed by atoms with Gasteiger partial charge in [0.1, 0.15) is 5.84 Å². The number of likely N-dealkylation sites (N-methyl/N-ethyl adjacent to an activating group) is 1. The molecule has 0 saturated heterocycles. The van der Waals surface area contributed by atoms with Crippen LogP contribution < -0.4 is 5.32 Å². The fourth-order valence-corrected chi connectivity index (χ4v) is 2.69. The second-order valence-corrected chi connectivity index (χ2v) is 7.36. The van der Waals surface area contributed by atoms with Gasteiger partial charge in [-0.3, -0.25) is 4.99 Å². The van der Waals surface area contributed by atoms with Crippen molar-refractivity contribution in [3.8, 4) is 0 Å². The van der Waals surface area contributed by atoms with Crippen molar-refractivity contribution in [1.29, 1.82) is 0 Å². The minimum atomic E-state index is 0.125. The minimum Gasteiger partial charge on any atom is -0.380 e. The number of ether oxygens (including phenoxy) is 1. The number of allylic oxidation sites excluding steroid dienone is 5.